The van der Waals surface area contributed by atoms with Gasteiger partial charge < -0.3 is 15.4 Å². The van der Waals surface area contributed by atoms with E-state index in [9.17, 15) is 0 Å². The van der Waals surface area contributed by atoms with Gasteiger partial charge >= 0.3 is 0 Å². The van der Waals surface area contributed by atoms with Gasteiger partial charge in [0.2, 0.25) is 0 Å². The Morgan fingerprint density at radius 2 is 1.89 bits per heavy atom. The zero-order chi connectivity index (χ0) is 13.8. The van der Waals surface area contributed by atoms with Gasteiger partial charge in [-0.2, -0.15) is 0 Å². The number of anilines is 3. The van der Waals surface area contributed by atoms with Gasteiger partial charge in [0.1, 0.15) is 23.2 Å². The maximum atomic E-state index is 5.98. The highest BCUT2D eigenvalue weighted by Crippen LogP contribution is 2.28. The molecule has 2 rings (SSSR count). The normalized spacial score (nSPS) is 10.1. The summed E-state index contributed by atoms with van der Waals surface area (Å²) in [6, 6.07) is 7.28. The minimum Gasteiger partial charge on any atom is -0.495 e. The minimum absolute atomic E-state index is 0.572. The Labute approximate surface area is 117 Å². The van der Waals surface area contributed by atoms with E-state index in [1.165, 1.54) is 0 Å². The van der Waals surface area contributed by atoms with Crippen molar-refractivity contribution in [3.8, 4) is 5.75 Å². The molecule has 0 unspecified atom stereocenters. The van der Waals surface area contributed by atoms with Gasteiger partial charge in [0, 0.05) is 24.9 Å². The molecule has 19 heavy (non-hydrogen) atoms. The van der Waals surface area contributed by atoms with Crippen LogP contribution in [0.4, 0.5) is 17.3 Å². The van der Waals surface area contributed by atoms with E-state index in [2.05, 4.69) is 20.6 Å². The van der Waals surface area contributed by atoms with Crippen LogP contribution in [-0.2, 0) is 0 Å². The second-order valence-electron chi connectivity index (χ2n) is 3.91. The molecule has 5 nitrogen and oxygen atoms in total. The van der Waals surface area contributed by atoms with E-state index >= 15 is 0 Å². The Morgan fingerprint density at radius 1 is 1.16 bits per heavy atom. The summed E-state index contributed by atoms with van der Waals surface area (Å²) in [7, 11) is 3.40. The van der Waals surface area contributed by atoms with Gasteiger partial charge in [-0.05, 0) is 19.1 Å². The summed E-state index contributed by atoms with van der Waals surface area (Å²) in [6.45, 7) is 1.84. The van der Waals surface area contributed by atoms with Crippen LogP contribution in [0.1, 0.15) is 5.82 Å². The monoisotopic (exact) mass is 278 g/mol. The van der Waals surface area contributed by atoms with Gasteiger partial charge in [-0.1, -0.05) is 11.6 Å². The number of nitrogens with one attached hydrogen (secondary N) is 2. The fourth-order valence-corrected chi connectivity index (χ4v) is 1.84. The SMILES string of the molecule is CNc1cc(Nc2ccc(Cl)c(OC)c2)nc(C)n1. The predicted molar refractivity (Wildman–Crippen MR) is 77.6 cm³/mol. The Bertz CT molecular complexity index is 589. The Morgan fingerprint density at radius 3 is 2.58 bits per heavy atom. The number of methoxy groups -OCH3 is 1. The summed E-state index contributed by atoms with van der Waals surface area (Å²) in [5.41, 5.74) is 0.849. The second kappa shape index (κ2) is 5.75. The Balaban J connectivity index is 2.28. The lowest BCUT2D eigenvalue weighted by atomic mass is 10.3. The number of ether oxygens (including phenoxy) is 1. The van der Waals surface area contributed by atoms with Crippen molar-refractivity contribution >= 4 is 28.9 Å². The first-order valence-electron chi connectivity index (χ1n) is 5.76. The van der Waals surface area contributed by atoms with Gasteiger partial charge in [-0.25, -0.2) is 9.97 Å². The smallest absolute Gasteiger partial charge is 0.139 e. The third-order valence-electron chi connectivity index (χ3n) is 2.52. The molecule has 0 aliphatic carbocycles. The summed E-state index contributed by atoms with van der Waals surface area (Å²) < 4.78 is 5.17. The maximum Gasteiger partial charge on any atom is 0.139 e. The van der Waals surface area contributed by atoms with E-state index in [1.807, 2.05) is 32.2 Å². The quantitative estimate of drug-likeness (QED) is 0.899. The molecular weight excluding hydrogens is 264 g/mol. The summed E-state index contributed by atoms with van der Waals surface area (Å²) >= 11 is 5.98. The molecule has 0 bridgehead atoms. The second-order valence-corrected chi connectivity index (χ2v) is 4.32. The van der Waals surface area contributed by atoms with Crippen molar-refractivity contribution < 1.29 is 4.74 Å². The van der Waals surface area contributed by atoms with Crippen molar-refractivity contribution in [3.05, 3.63) is 35.1 Å². The summed E-state index contributed by atoms with van der Waals surface area (Å²) in [6.07, 6.45) is 0. The van der Waals surface area contributed by atoms with Crippen LogP contribution >= 0.6 is 11.6 Å². The number of rotatable bonds is 4. The van der Waals surface area contributed by atoms with E-state index < -0.39 is 0 Å². The van der Waals surface area contributed by atoms with Crippen molar-refractivity contribution in [1.82, 2.24) is 9.97 Å². The molecule has 0 aliphatic rings. The van der Waals surface area contributed by atoms with Gasteiger partial charge in [-0.15, -0.1) is 0 Å². The number of aromatic nitrogens is 2. The summed E-state index contributed by atoms with van der Waals surface area (Å²) in [5.74, 6) is 2.78. The lowest BCUT2D eigenvalue weighted by Crippen LogP contribution is -2.01. The molecule has 100 valence electrons. The number of hydrogen-bond donors (Lipinski definition) is 2. The highest BCUT2D eigenvalue weighted by molar-refractivity contribution is 6.32. The van der Waals surface area contributed by atoms with Crippen LogP contribution in [0.3, 0.4) is 0 Å². The molecule has 2 N–H and O–H groups in total. The lowest BCUT2D eigenvalue weighted by Gasteiger charge is -2.10. The molecule has 6 heteroatoms. The van der Waals surface area contributed by atoms with Gasteiger partial charge in [0.15, 0.2) is 0 Å². The van der Waals surface area contributed by atoms with Crippen molar-refractivity contribution in [2.75, 3.05) is 24.8 Å². The molecule has 0 aliphatic heterocycles. The van der Waals surface area contributed by atoms with Crippen LogP contribution in [0.25, 0.3) is 0 Å². The first-order valence-corrected chi connectivity index (χ1v) is 6.14. The van der Waals surface area contributed by atoms with Crippen molar-refractivity contribution in [3.63, 3.8) is 0 Å². The van der Waals surface area contributed by atoms with Crippen molar-refractivity contribution in [2.45, 2.75) is 6.92 Å². The molecule has 1 aromatic carbocycles. The van der Waals surface area contributed by atoms with Crippen molar-refractivity contribution in [1.29, 1.82) is 0 Å². The molecule has 0 atom stereocenters. The van der Waals surface area contributed by atoms with E-state index in [4.69, 9.17) is 16.3 Å². The molecular formula is C13H15ClN4O. The van der Waals surface area contributed by atoms with Gasteiger partial charge in [0.25, 0.3) is 0 Å². The zero-order valence-corrected chi connectivity index (χ0v) is 11.7. The average Bonchev–Trinajstić information content (AvgIpc) is 2.40. The Kier molecular flexibility index (Phi) is 4.06. The van der Waals surface area contributed by atoms with E-state index in [1.54, 1.807) is 13.2 Å². The molecule has 0 saturated carbocycles. The van der Waals surface area contributed by atoms with Crippen LogP contribution in [-0.4, -0.2) is 24.1 Å². The highest BCUT2D eigenvalue weighted by Gasteiger charge is 2.04. The minimum atomic E-state index is 0.572. The fraction of sp³-hybridized carbons (Fsp3) is 0.231. The molecule has 0 radical (unpaired) electrons. The largest absolute Gasteiger partial charge is 0.495 e. The zero-order valence-electron chi connectivity index (χ0n) is 11.0. The lowest BCUT2D eigenvalue weighted by molar-refractivity contribution is 0.415. The summed E-state index contributed by atoms with van der Waals surface area (Å²) in [5, 5.41) is 6.75. The summed E-state index contributed by atoms with van der Waals surface area (Å²) in [4.78, 5) is 8.55. The average molecular weight is 279 g/mol. The van der Waals surface area contributed by atoms with Crippen LogP contribution in [0, 0.1) is 6.92 Å². The van der Waals surface area contributed by atoms with Crippen molar-refractivity contribution in [2.24, 2.45) is 0 Å². The van der Waals surface area contributed by atoms with Crippen LogP contribution < -0.4 is 15.4 Å². The van der Waals surface area contributed by atoms with Gasteiger partial charge in [-0.3, -0.25) is 0 Å². The van der Waals surface area contributed by atoms with E-state index in [0.717, 1.165) is 11.5 Å². The molecule has 1 aromatic heterocycles. The number of benzene rings is 1. The highest BCUT2D eigenvalue weighted by atomic mass is 35.5. The third kappa shape index (κ3) is 3.26. The van der Waals surface area contributed by atoms with E-state index in [0.29, 0.717) is 22.4 Å². The van der Waals surface area contributed by atoms with E-state index in [-0.39, 0.29) is 0 Å². The standard InChI is InChI=1S/C13H15ClN4O/c1-8-16-12(15-2)7-13(17-8)18-9-4-5-10(14)11(6-9)19-3/h4-7H,1-3H3,(H2,15,16,17,18). The predicted octanol–water partition coefficient (Wildman–Crippen LogP) is 3.23. The molecule has 2 aromatic rings. The topological polar surface area (TPSA) is 59.1 Å². The van der Waals surface area contributed by atoms with Crippen LogP contribution in [0.5, 0.6) is 5.75 Å². The number of nitrogens with zero attached hydrogens (tertiary/aromatic N) is 2. The maximum absolute atomic E-state index is 5.98. The number of aryl methyl sites for hydroxylation is 1. The third-order valence-corrected chi connectivity index (χ3v) is 2.83. The first-order chi connectivity index (χ1) is 9.12. The molecule has 0 fully saturated rings. The first kappa shape index (κ1) is 13.4. The van der Waals surface area contributed by atoms with Crippen LogP contribution in [0.2, 0.25) is 5.02 Å². The molecule has 0 amide bonds. The molecule has 0 saturated heterocycles. The van der Waals surface area contributed by atoms with Crippen LogP contribution in [0.15, 0.2) is 24.3 Å². The van der Waals surface area contributed by atoms with Gasteiger partial charge in [0.05, 0.1) is 12.1 Å². The fourth-order valence-electron chi connectivity index (χ4n) is 1.65. The molecule has 1 heterocycles. The number of halogens is 1. The number of hydrogen-bond acceptors (Lipinski definition) is 5. The Hall–Kier alpha value is -2.01. The molecule has 0 spiro atoms.